The molecule has 0 aromatic heterocycles. The predicted octanol–water partition coefficient (Wildman–Crippen LogP) is 5.37. The summed E-state index contributed by atoms with van der Waals surface area (Å²) < 4.78 is 31.6. The number of aliphatic carboxylic acids is 1. The molecule has 3 N–H and O–H groups in total. The first-order valence-electron chi connectivity index (χ1n) is 9.69. The molecule has 0 aromatic carbocycles. The van der Waals surface area contributed by atoms with Crippen molar-refractivity contribution in [1.82, 2.24) is 0 Å². The molecule has 0 atom stereocenters. The van der Waals surface area contributed by atoms with Gasteiger partial charge in [0, 0.05) is 6.42 Å². The molecule has 0 amide bonds. The molecule has 0 spiro atoms. The Morgan fingerprint density at radius 2 is 0.926 bits per heavy atom. The Labute approximate surface area is 218 Å². The molecule has 0 saturated heterocycles. The van der Waals surface area contributed by atoms with E-state index in [1.165, 1.54) is 83.5 Å². The van der Waals surface area contributed by atoms with Crippen LogP contribution in [0, 0.1) is 0 Å². The number of carboxylic acids is 1. The second kappa shape index (κ2) is 27.4. The Morgan fingerprint density at radius 1 is 0.704 bits per heavy atom. The number of hydrogen-bond donors (Lipinski definition) is 3. The van der Waals surface area contributed by atoms with E-state index in [0.717, 1.165) is 12.8 Å². The number of hydrogen-bond acceptors (Lipinski definition) is 3. The van der Waals surface area contributed by atoms with Gasteiger partial charge in [0.05, 0.1) is 0 Å². The summed E-state index contributed by atoms with van der Waals surface area (Å²) in [7, 11) is -4.67. The van der Waals surface area contributed by atoms with Crippen LogP contribution in [0.2, 0.25) is 0 Å². The number of rotatable bonds is 16. The van der Waals surface area contributed by atoms with Crippen LogP contribution in [0.3, 0.4) is 0 Å². The zero-order valence-corrected chi connectivity index (χ0v) is 21.6. The van der Waals surface area contributed by atoms with Crippen molar-refractivity contribution in [3.05, 3.63) is 0 Å². The van der Waals surface area contributed by atoms with Crippen molar-refractivity contribution < 1.29 is 33.1 Å². The van der Waals surface area contributed by atoms with Crippen molar-refractivity contribution in [1.29, 1.82) is 0 Å². The van der Waals surface area contributed by atoms with Crippen LogP contribution in [0.25, 0.3) is 0 Å². The second-order valence-electron chi connectivity index (χ2n) is 6.54. The first-order valence-corrected chi connectivity index (χ1v) is 11.1. The summed E-state index contributed by atoms with van der Waals surface area (Å²) in [6, 6.07) is 0. The minimum Gasteiger partial charge on any atom is -1.00 e. The molecule has 0 heterocycles. The van der Waals surface area contributed by atoms with Crippen LogP contribution >= 0.6 is 0 Å². The molecule has 160 valence electrons. The Kier molecular flexibility index (Phi) is 36.3. The Bertz CT molecular complexity index is 403. The molecule has 0 aromatic rings. The monoisotopic (exact) mass is 450 g/mol. The molecule has 0 radical (unpaired) electrons. The van der Waals surface area contributed by atoms with Gasteiger partial charge in [0.2, 0.25) is 0 Å². The van der Waals surface area contributed by atoms with Crippen molar-refractivity contribution in [2.75, 3.05) is 0 Å². The molecule has 0 unspecified atom stereocenters. The summed E-state index contributed by atoms with van der Waals surface area (Å²) in [6.45, 7) is 2.27. The van der Waals surface area contributed by atoms with Crippen LogP contribution in [0.4, 0.5) is 0 Å². The average Bonchev–Trinajstić information content (AvgIpc) is 2.49. The van der Waals surface area contributed by atoms with E-state index >= 15 is 0 Å². The van der Waals surface area contributed by atoms with Crippen LogP contribution in [-0.4, -0.2) is 89.4 Å². The molecular weight excluding hydrogens is 409 g/mol. The third-order valence-electron chi connectivity index (χ3n) is 3.99. The molecule has 6 nitrogen and oxygen atoms in total. The largest absolute Gasteiger partial charge is 2.00 e. The van der Waals surface area contributed by atoms with E-state index in [1.807, 2.05) is 0 Å². The van der Waals surface area contributed by atoms with E-state index in [-0.39, 0.29) is 66.5 Å². The third kappa shape index (κ3) is 52.2. The normalized spacial score (nSPS) is 10.2. The van der Waals surface area contributed by atoms with Gasteiger partial charge in [-0.3, -0.25) is 13.9 Å². The maximum Gasteiger partial charge on any atom is 2.00 e. The van der Waals surface area contributed by atoms with Crippen molar-refractivity contribution in [3.8, 4) is 0 Å². The van der Waals surface area contributed by atoms with E-state index in [0.29, 0.717) is 6.42 Å². The van der Waals surface area contributed by atoms with Crippen LogP contribution in [0.15, 0.2) is 0 Å². The molecule has 0 bridgehead atoms. The number of carboxylic acid groups (broad SMARTS) is 1. The molecule has 0 aliphatic carbocycles. The number of carbonyl (C=O) groups is 1. The van der Waals surface area contributed by atoms with Crippen LogP contribution in [0.1, 0.15) is 115 Å². The molecule has 0 aliphatic heterocycles. The van der Waals surface area contributed by atoms with Gasteiger partial charge in [0.1, 0.15) is 0 Å². The molecule has 0 saturated carbocycles. The molecule has 0 aliphatic rings. The van der Waals surface area contributed by atoms with Gasteiger partial charge in [-0.1, -0.05) is 96.8 Å². The Balaban J connectivity index is -0.0000000721. The summed E-state index contributed by atoms with van der Waals surface area (Å²) in [5.74, 6) is -0.653. The zero-order chi connectivity index (χ0) is 19.4. The minimum absolute atomic E-state index is 0. The first-order chi connectivity index (χ1) is 11.8. The van der Waals surface area contributed by atoms with Gasteiger partial charge in [-0.05, 0) is 6.42 Å². The quantitative estimate of drug-likeness (QED) is 0.165. The smallest absolute Gasteiger partial charge is 1.00 e. The van der Waals surface area contributed by atoms with Gasteiger partial charge in [0.15, 0.2) is 0 Å². The summed E-state index contributed by atoms with van der Waals surface area (Å²) in [4.78, 5) is 10.3. The van der Waals surface area contributed by atoms with Gasteiger partial charge in [-0.2, -0.15) is 8.42 Å². The van der Waals surface area contributed by atoms with Crippen molar-refractivity contribution in [3.63, 3.8) is 0 Å². The fourth-order valence-electron chi connectivity index (χ4n) is 2.65. The van der Waals surface area contributed by atoms with E-state index < -0.39 is 16.4 Å². The maximum absolute atomic E-state index is 10.3. The van der Waals surface area contributed by atoms with E-state index in [9.17, 15) is 4.79 Å². The Hall–Kier alpha value is 1.37. The Morgan fingerprint density at radius 3 is 1.15 bits per heavy atom. The summed E-state index contributed by atoms with van der Waals surface area (Å²) in [6.07, 6.45) is 20.2. The summed E-state index contributed by atoms with van der Waals surface area (Å²) in [5.41, 5.74) is 0. The van der Waals surface area contributed by atoms with Crippen molar-refractivity contribution in [2.45, 2.75) is 110 Å². The van der Waals surface area contributed by atoms with Crippen LogP contribution in [-0.2, 0) is 15.2 Å². The van der Waals surface area contributed by atoms with E-state index in [4.69, 9.17) is 22.6 Å². The predicted molar refractivity (Wildman–Crippen MR) is 117 cm³/mol. The SMILES string of the molecule is CCCCCCCCCCCCCCCCCC(=O)O.O=S(=O)(O)O.[Ca+2].[H-].[H-].[H-].[H-].[Mg+2]. The fourth-order valence-corrected chi connectivity index (χ4v) is 2.65. The average molecular weight is 451 g/mol. The topological polar surface area (TPSA) is 112 Å². The summed E-state index contributed by atoms with van der Waals surface area (Å²) >= 11 is 0. The fraction of sp³-hybridized carbons (Fsp3) is 0.944. The zero-order valence-electron chi connectivity index (χ0n) is 21.2. The van der Waals surface area contributed by atoms with E-state index in [2.05, 4.69) is 6.92 Å². The van der Waals surface area contributed by atoms with Crippen molar-refractivity contribution >= 4 is 77.2 Å². The molecular formula is C18H42CaMgO6S. The van der Waals surface area contributed by atoms with Gasteiger partial charge < -0.3 is 10.8 Å². The second-order valence-corrected chi connectivity index (χ2v) is 7.44. The van der Waals surface area contributed by atoms with Gasteiger partial charge in [-0.15, -0.1) is 0 Å². The standard InChI is InChI=1S/C18H36O2.Ca.Mg.H2O4S.4H/c1-2-3-4-5-6-7-8-9-10-11-12-13-14-15-16-17-18(19)20;;;1-5(2,3)4;;;;/h2-17H2,1H3,(H,19,20);;;(H2,1,2,3,4);;;;/q;2*+2;;4*-1. The third-order valence-corrected chi connectivity index (χ3v) is 3.99. The van der Waals surface area contributed by atoms with Gasteiger partial charge >= 0.3 is 77.2 Å². The summed E-state index contributed by atoms with van der Waals surface area (Å²) in [5, 5.41) is 8.52. The molecule has 0 rings (SSSR count). The first kappa shape index (κ1) is 35.8. The molecule has 27 heavy (non-hydrogen) atoms. The van der Waals surface area contributed by atoms with Crippen LogP contribution < -0.4 is 0 Å². The van der Waals surface area contributed by atoms with Gasteiger partial charge in [-0.25, -0.2) is 0 Å². The molecule has 0 fully saturated rings. The number of unbranched alkanes of at least 4 members (excludes halogenated alkanes) is 14. The molecule has 9 heteroatoms. The van der Waals surface area contributed by atoms with Gasteiger partial charge in [0.25, 0.3) is 0 Å². The maximum atomic E-state index is 10.3. The van der Waals surface area contributed by atoms with Crippen LogP contribution in [0.5, 0.6) is 0 Å². The minimum atomic E-state index is -4.67. The van der Waals surface area contributed by atoms with Crippen molar-refractivity contribution in [2.24, 2.45) is 0 Å². The van der Waals surface area contributed by atoms with E-state index in [1.54, 1.807) is 0 Å².